The van der Waals surface area contributed by atoms with Crippen LogP contribution in [0.1, 0.15) is 58.9 Å². The molecule has 0 aromatic heterocycles. The predicted octanol–water partition coefficient (Wildman–Crippen LogP) is 4.53. The van der Waals surface area contributed by atoms with E-state index < -0.39 is 0 Å². The van der Waals surface area contributed by atoms with Crippen molar-refractivity contribution in [3.05, 3.63) is 29.8 Å². The molecule has 1 aromatic rings. The first kappa shape index (κ1) is 16.4. The molecule has 0 heterocycles. The van der Waals surface area contributed by atoms with Crippen molar-refractivity contribution in [1.29, 1.82) is 0 Å². The van der Waals surface area contributed by atoms with Gasteiger partial charge in [0, 0.05) is 12.6 Å². The first-order valence-electron chi connectivity index (χ1n) is 8.44. The summed E-state index contributed by atoms with van der Waals surface area (Å²) in [5, 5.41) is 3.67. The van der Waals surface area contributed by atoms with E-state index in [1.807, 2.05) is 0 Å². The number of rotatable bonds is 5. The van der Waals surface area contributed by atoms with E-state index in [0.717, 1.165) is 24.8 Å². The van der Waals surface area contributed by atoms with E-state index in [1.54, 1.807) is 0 Å². The molecule has 1 aromatic carbocycles. The van der Waals surface area contributed by atoms with Crippen molar-refractivity contribution in [3.8, 4) is 5.75 Å². The summed E-state index contributed by atoms with van der Waals surface area (Å²) in [7, 11) is 0. The van der Waals surface area contributed by atoms with Gasteiger partial charge in [0.1, 0.15) is 12.4 Å². The normalized spacial score (nSPS) is 23.0. The van der Waals surface area contributed by atoms with Crippen LogP contribution in [0, 0.1) is 5.92 Å². The number of hydrogen-bond acceptors (Lipinski definition) is 2. The van der Waals surface area contributed by atoms with Crippen LogP contribution in [0.2, 0.25) is 0 Å². The minimum absolute atomic E-state index is 0.127. The van der Waals surface area contributed by atoms with Crippen molar-refractivity contribution in [2.75, 3.05) is 13.2 Å². The maximum atomic E-state index is 6.03. The summed E-state index contributed by atoms with van der Waals surface area (Å²) in [6, 6.07) is 9.09. The fraction of sp³-hybridized carbons (Fsp3) is 0.684. The molecule has 2 nitrogen and oxygen atoms in total. The van der Waals surface area contributed by atoms with E-state index in [9.17, 15) is 0 Å². The third-order valence-electron chi connectivity index (χ3n) is 4.57. The molecule has 0 saturated heterocycles. The molecule has 0 amide bonds. The van der Waals surface area contributed by atoms with Gasteiger partial charge in [-0.15, -0.1) is 0 Å². The second-order valence-corrected chi connectivity index (χ2v) is 7.42. The third-order valence-corrected chi connectivity index (χ3v) is 4.57. The number of nitrogens with one attached hydrogen (secondary N) is 1. The molecule has 0 spiro atoms. The highest BCUT2D eigenvalue weighted by atomic mass is 16.5. The smallest absolute Gasteiger partial charge is 0.123 e. The third kappa shape index (κ3) is 4.74. The zero-order valence-electron chi connectivity index (χ0n) is 14.1. The van der Waals surface area contributed by atoms with Gasteiger partial charge in [-0.2, -0.15) is 0 Å². The summed E-state index contributed by atoms with van der Waals surface area (Å²) >= 11 is 0. The Labute approximate surface area is 130 Å². The van der Waals surface area contributed by atoms with Gasteiger partial charge in [-0.1, -0.05) is 58.7 Å². The van der Waals surface area contributed by atoms with Crippen LogP contribution in [-0.4, -0.2) is 19.2 Å². The molecule has 0 radical (unpaired) electrons. The van der Waals surface area contributed by atoms with Crippen molar-refractivity contribution in [3.63, 3.8) is 0 Å². The average Bonchev–Trinajstić information content (AvgIpc) is 2.45. The number of para-hydroxylation sites is 1. The van der Waals surface area contributed by atoms with Gasteiger partial charge in [0.25, 0.3) is 0 Å². The second kappa shape index (κ2) is 7.31. The first-order valence-corrected chi connectivity index (χ1v) is 8.44. The molecule has 2 unspecified atom stereocenters. The van der Waals surface area contributed by atoms with Crippen LogP contribution in [-0.2, 0) is 5.41 Å². The van der Waals surface area contributed by atoms with Crippen LogP contribution >= 0.6 is 0 Å². The van der Waals surface area contributed by atoms with Crippen LogP contribution in [0.5, 0.6) is 5.75 Å². The van der Waals surface area contributed by atoms with E-state index in [0.29, 0.717) is 6.04 Å². The lowest BCUT2D eigenvalue weighted by Gasteiger charge is -2.29. The zero-order chi connectivity index (χ0) is 15.3. The van der Waals surface area contributed by atoms with E-state index in [2.05, 4.69) is 57.3 Å². The average molecular weight is 289 g/mol. The largest absolute Gasteiger partial charge is 0.492 e. The minimum atomic E-state index is 0.127. The molecule has 1 fully saturated rings. The van der Waals surface area contributed by atoms with E-state index in [-0.39, 0.29) is 5.41 Å². The van der Waals surface area contributed by atoms with Gasteiger partial charge in [0.05, 0.1) is 0 Å². The van der Waals surface area contributed by atoms with Gasteiger partial charge >= 0.3 is 0 Å². The minimum Gasteiger partial charge on any atom is -0.492 e. The summed E-state index contributed by atoms with van der Waals surface area (Å²) in [6.07, 6.45) is 5.45. The zero-order valence-corrected chi connectivity index (χ0v) is 14.1. The molecule has 0 aliphatic heterocycles. The Kier molecular flexibility index (Phi) is 5.69. The predicted molar refractivity (Wildman–Crippen MR) is 90.1 cm³/mol. The molecular formula is C19H31NO. The van der Waals surface area contributed by atoms with Crippen LogP contribution in [0.4, 0.5) is 0 Å². The SMILES string of the molecule is CC1CCCCC1NCCOc1ccccc1C(C)(C)C. The number of ether oxygens (including phenoxy) is 1. The molecule has 1 aliphatic carbocycles. The number of hydrogen-bond donors (Lipinski definition) is 1. The molecule has 21 heavy (non-hydrogen) atoms. The molecule has 1 N–H and O–H groups in total. The van der Waals surface area contributed by atoms with Crippen molar-refractivity contribution in [2.24, 2.45) is 5.92 Å². The van der Waals surface area contributed by atoms with E-state index in [4.69, 9.17) is 4.74 Å². The van der Waals surface area contributed by atoms with Gasteiger partial charge < -0.3 is 10.1 Å². The summed E-state index contributed by atoms with van der Waals surface area (Å²) < 4.78 is 6.03. The van der Waals surface area contributed by atoms with Crippen LogP contribution in [0.15, 0.2) is 24.3 Å². The highest BCUT2D eigenvalue weighted by molar-refractivity contribution is 5.38. The topological polar surface area (TPSA) is 21.3 Å². The number of benzene rings is 1. The van der Waals surface area contributed by atoms with Crippen molar-refractivity contribution in [2.45, 2.75) is 64.8 Å². The maximum Gasteiger partial charge on any atom is 0.123 e. The monoisotopic (exact) mass is 289 g/mol. The maximum absolute atomic E-state index is 6.03. The van der Waals surface area contributed by atoms with Crippen LogP contribution in [0.3, 0.4) is 0 Å². The van der Waals surface area contributed by atoms with Gasteiger partial charge in [-0.3, -0.25) is 0 Å². The first-order chi connectivity index (χ1) is 9.98. The Hall–Kier alpha value is -1.02. The second-order valence-electron chi connectivity index (χ2n) is 7.42. The molecule has 0 bridgehead atoms. The van der Waals surface area contributed by atoms with Crippen molar-refractivity contribution < 1.29 is 4.74 Å². The molecule has 118 valence electrons. The molecule has 1 saturated carbocycles. The Bertz CT molecular complexity index is 435. The Morgan fingerprint density at radius 2 is 1.86 bits per heavy atom. The van der Waals surface area contributed by atoms with Crippen LogP contribution in [0.25, 0.3) is 0 Å². The molecule has 1 aliphatic rings. The van der Waals surface area contributed by atoms with Gasteiger partial charge in [0.15, 0.2) is 0 Å². The Morgan fingerprint density at radius 1 is 1.14 bits per heavy atom. The Balaban J connectivity index is 1.81. The van der Waals surface area contributed by atoms with Crippen LogP contribution < -0.4 is 10.1 Å². The highest BCUT2D eigenvalue weighted by Crippen LogP contribution is 2.30. The standard InChI is InChI=1S/C19H31NO/c1-15-9-5-7-11-17(15)20-13-14-21-18-12-8-6-10-16(18)19(2,3)4/h6,8,10,12,15,17,20H,5,7,9,11,13-14H2,1-4H3. The van der Waals surface area contributed by atoms with Crippen molar-refractivity contribution >= 4 is 0 Å². The van der Waals surface area contributed by atoms with E-state index >= 15 is 0 Å². The lowest BCUT2D eigenvalue weighted by atomic mass is 9.86. The summed E-state index contributed by atoms with van der Waals surface area (Å²) in [4.78, 5) is 0. The molecule has 2 heteroatoms. The van der Waals surface area contributed by atoms with E-state index in [1.165, 1.54) is 31.2 Å². The summed E-state index contributed by atoms with van der Waals surface area (Å²) in [5.74, 6) is 1.84. The summed E-state index contributed by atoms with van der Waals surface area (Å²) in [6.45, 7) is 10.8. The highest BCUT2D eigenvalue weighted by Gasteiger charge is 2.21. The van der Waals surface area contributed by atoms with Gasteiger partial charge in [0.2, 0.25) is 0 Å². The molecular weight excluding hydrogens is 258 g/mol. The molecule has 2 atom stereocenters. The fourth-order valence-electron chi connectivity index (χ4n) is 3.24. The quantitative estimate of drug-likeness (QED) is 0.804. The lowest BCUT2D eigenvalue weighted by Crippen LogP contribution is -2.39. The fourth-order valence-corrected chi connectivity index (χ4v) is 3.24. The molecule has 2 rings (SSSR count). The summed E-state index contributed by atoms with van der Waals surface area (Å²) in [5.41, 5.74) is 1.41. The Morgan fingerprint density at radius 3 is 2.57 bits per heavy atom. The van der Waals surface area contributed by atoms with Gasteiger partial charge in [-0.05, 0) is 35.8 Å². The van der Waals surface area contributed by atoms with Crippen molar-refractivity contribution in [1.82, 2.24) is 5.32 Å². The van der Waals surface area contributed by atoms with Gasteiger partial charge in [-0.25, -0.2) is 0 Å². The lowest BCUT2D eigenvalue weighted by molar-refractivity contribution is 0.249.